The Morgan fingerprint density at radius 1 is 1.10 bits per heavy atom. The lowest BCUT2D eigenvalue weighted by molar-refractivity contribution is 0.601. The minimum atomic E-state index is -3.70. The van der Waals surface area contributed by atoms with Gasteiger partial charge in [0.25, 0.3) is 10.0 Å². The molecule has 0 radical (unpaired) electrons. The Balaban J connectivity index is 2.43. The summed E-state index contributed by atoms with van der Waals surface area (Å²) in [5.74, 6) is 0. The Morgan fingerprint density at radius 3 is 2.45 bits per heavy atom. The number of rotatable bonds is 3. The van der Waals surface area contributed by atoms with Crippen LogP contribution < -0.4 is 4.72 Å². The van der Waals surface area contributed by atoms with Crippen molar-refractivity contribution in [3.63, 3.8) is 0 Å². The van der Waals surface area contributed by atoms with E-state index in [1.807, 2.05) is 26.0 Å². The predicted molar refractivity (Wildman–Crippen MR) is 85.9 cm³/mol. The molecule has 0 aromatic heterocycles. The summed E-state index contributed by atoms with van der Waals surface area (Å²) >= 11 is 9.25. The molecule has 0 aliphatic rings. The topological polar surface area (TPSA) is 46.2 Å². The van der Waals surface area contributed by atoms with Crippen LogP contribution in [-0.2, 0) is 10.0 Å². The lowest BCUT2D eigenvalue weighted by atomic mass is 10.1. The molecule has 0 aliphatic heterocycles. The molecule has 0 saturated carbocycles. The molecule has 3 nitrogen and oxygen atoms in total. The van der Waals surface area contributed by atoms with Crippen LogP contribution in [0.2, 0.25) is 5.02 Å². The predicted octanol–water partition coefficient (Wildman–Crippen LogP) is 4.52. The van der Waals surface area contributed by atoms with Crippen molar-refractivity contribution >= 4 is 43.2 Å². The zero-order valence-electron chi connectivity index (χ0n) is 10.9. The van der Waals surface area contributed by atoms with Gasteiger partial charge in [-0.15, -0.1) is 0 Å². The van der Waals surface area contributed by atoms with Crippen LogP contribution in [-0.4, -0.2) is 8.42 Å². The third-order valence-corrected chi connectivity index (χ3v) is 5.16. The Bertz CT molecular complexity index is 760. The normalized spacial score (nSPS) is 11.4. The van der Waals surface area contributed by atoms with Gasteiger partial charge in [0.1, 0.15) is 4.90 Å². The first kappa shape index (κ1) is 15.4. The van der Waals surface area contributed by atoms with E-state index in [0.29, 0.717) is 5.69 Å². The molecule has 2 rings (SSSR count). The first-order chi connectivity index (χ1) is 9.29. The fraction of sp³-hybridized carbons (Fsp3) is 0.143. The maximum absolute atomic E-state index is 12.4. The SMILES string of the molecule is Cc1ccc(C)c(NS(=O)(=O)c2ccc(Br)cc2Cl)c1. The maximum atomic E-state index is 12.4. The van der Waals surface area contributed by atoms with Crippen molar-refractivity contribution in [2.24, 2.45) is 0 Å². The van der Waals surface area contributed by atoms with Crippen LogP contribution in [0.25, 0.3) is 0 Å². The van der Waals surface area contributed by atoms with E-state index in [-0.39, 0.29) is 9.92 Å². The highest BCUT2D eigenvalue weighted by molar-refractivity contribution is 9.10. The smallest absolute Gasteiger partial charge is 0.263 e. The lowest BCUT2D eigenvalue weighted by Crippen LogP contribution is -2.14. The summed E-state index contributed by atoms with van der Waals surface area (Å²) in [5, 5.41) is 0.178. The summed E-state index contributed by atoms with van der Waals surface area (Å²) in [6, 6.07) is 10.3. The molecule has 0 unspecified atom stereocenters. The van der Waals surface area contributed by atoms with Crippen molar-refractivity contribution in [1.82, 2.24) is 0 Å². The fourth-order valence-corrected chi connectivity index (χ4v) is 3.90. The van der Waals surface area contributed by atoms with Crippen LogP contribution in [0.15, 0.2) is 45.8 Å². The number of nitrogens with one attached hydrogen (secondary N) is 1. The van der Waals surface area contributed by atoms with Crippen LogP contribution in [0.5, 0.6) is 0 Å². The van der Waals surface area contributed by atoms with Gasteiger partial charge in [0.05, 0.1) is 10.7 Å². The third kappa shape index (κ3) is 3.34. The average molecular weight is 375 g/mol. The Labute approximate surface area is 132 Å². The fourth-order valence-electron chi connectivity index (χ4n) is 1.74. The van der Waals surface area contributed by atoms with Gasteiger partial charge in [-0.3, -0.25) is 4.72 Å². The Hall–Kier alpha value is -1.04. The van der Waals surface area contributed by atoms with Crippen molar-refractivity contribution in [3.8, 4) is 0 Å². The summed E-state index contributed by atoms with van der Waals surface area (Å²) in [7, 11) is -3.70. The van der Waals surface area contributed by atoms with Gasteiger partial charge >= 0.3 is 0 Å². The van der Waals surface area contributed by atoms with Gasteiger partial charge in [-0.25, -0.2) is 8.42 Å². The van der Waals surface area contributed by atoms with E-state index in [4.69, 9.17) is 11.6 Å². The van der Waals surface area contributed by atoms with E-state index < -0.39 is 10.0 Å². The summed E-state index contributed by atoms with van der Waals surface area (Å²) < 4.78 is 28.1. The molecule has 106 valence electrons. The van der Waals surface area contributed by atoms with Crippen molar-refractivity contribution in [2.45, 2.75) is 18.7 Å². The van der Waals surface area contributed by atoms with Crippen LogP contribution in [0.4, 0.5) is 5.69 Å². The molecule has 1 N–H and O–H groups in total. The summed E-state index contributed by atoms with van der Waals surface area (Å²) in [6.07, 6.45) is 0. The molecular formula is C14H13BrClNO2S. The molecule has 0 fully saturated rings. The summed E-state index contributed by atoms with van der Waals surface area (Å²) in [6.45, 7) is 3.75. The molecule has 0 bridgehead atoms. The minimum Gasteiger partial charge on any atom is -0.279 e. The van der Waals surface area contributed by atoms with Gasteiger partial charge in [-0.2, -0.15) is 0 Å². The zero-order chi connectivity index (χ0) is 14.9. The van der Waals surface area contributed by atoms with Gasteiger partial charge in [0, 0.05) is 4.47 Å². The van der Waals surface area contributed by atoms with E-state index in [1.54, 1.807) is 18.2 Å². The molecule has 0 saturated heterocycles. The number of sulfonamides is 1. The van der Waals surface area contributed by atoms with Crippen molar-refractivity contribution in [1.29, 1.82) is 0 Å². The second kappa shape index (κ2) is 5.76. The third-order valence-electron chi connectivity index (χ3n) is 2.82. The van der Waals surface area contributed by atoms with E-state index in [1.165, 1.54) is 6.07 Å². The number of benzene rings is 2. The van der Waals surface area contributed by atoms with Crippen molar-refractivity contribution in [2.75, 3.05) is 4.72 Å². The Morgan fingerprint density at radius 2 is 1.80 bits per heavy atom. The molecule has 2 aromatic rings. The van der Waals surface area contributed by atoms with Gasteiger partial charge in [-0.05, 0) is 49.2 Å². The number of halogens is 2. The quantitative estimate of drug-likeness (QED) is 0.858. The van der Waals surface area contributed by atoms with Crippen molar-refractivity contribution in [3.05, 3.63) is 57.0 Å². The standard InChI is InChI=1S/C14H13BrClNO2S/c1-9-3-4-10(2)13(7-9)17-20(18,19)14-6-5-11(15)8-12(14)16/h3-8,17H,1-2H3. The number of hydrogen-bond acceptors (Lipinski definition) is 2. The number of aryl methyl sites for hydroxylation is 2. The second-order valence-corrected chi connectivity index (χ2v) is 7.47. The number of hydrogen-bond donors (Lipinski definition) is 1. The molecule has 0 atom stereocenters. The van der Waals surface area contributed by atoms with Gasteiger partial charge in [0.2, 0.25) is 0 Å². The van der Waals surface area contributed by atoms with E-state index in [0.717, 1.165) is 15.6 Å². The highest BCUT2D eigenvalue weighted by Crippen LogP contribution is 2.28. The van der Waals surface area contributed by atoms with Gasteiger partial charge in [0.15, 0.2) is 0 Å². The van der Waals surface area contributed by atoms with Gasteiger partial charge in [-0.1, -0.05) is 39.7 Å². The average Bonchev–Trinajstić information content (AvgIpc) is 2.33. The highest BCUT2D eigenvalue weighted by Gasteiger charge is 2.19. The summed E-state index contributed by atoms with van der Waals surface area (Å²) in [5.41, 5.74) is 2.39. The van der Waals surface area contributed by atoms with Crippen LogP contribution in [0.1, 0.15) is 11.1 Å². The van der Waals surface area contributed by atoms with Crippen LogP contribution in [0, 0.1) is 13.8 Å². The maximum Gasteiger partial charge on any atom is 0.263 e. The molecule has 2 aromatic carbocycles. The van der Waals surface area contributed by atoms with Crippen molar-refractivity contribution < 1.29 is 8.42 Å². The largest absolute Gasteiger partial charge is 0.279 e. The minimum absolute atomic E-state index is 0.0586. The molecule has 0 spiro atoms. The van der Waals surface area contributed by atoms with E-state index >= 15 is 0 Å². The van der Waals surface area contributed by atoms with Crippen LogP contribution in [0.3, 0.4) is 0 Å². The van der Waals surface area contributed by atoms with Crippen LogP contribution >= 0.6 is 27.5 Å². The molecular weight excluding hydrogens is 362 g/mol. The zero-order valence-corrected chi connectivity index (χ0v) is 14.1. The first-order valence-electron chi connectivity index (χ1n) is 5.85. The molecule has 0 heterocycles. The van der Waals surface area contributed by atoms with Gasteiger partial charge < -0.3 is 0 Å². The molecule has 20 heavy (non-hydrogen) atoms. The molecule has 6 heteroatoms. The second-order valence-electron chi connectivity index (χ2n) is 4.50. The molecule has 0 aliphatic carbocycles. The monoisotopic (exact) mass is 373 g/mol. The molecule has 0 amide bonds. The van der Waals surface area contributed by atoms with E-state index in [2.05, 4.69) is 20.7 Å². The summed E-state index contributed by atoms with van der Waals surface area (Å²) in [4.78, 5) is 0.0586. The highest BCUT2D eigenvalue weighted by atomic mass is 79.9. The Kier molecular flexibility index (Phi) is 4.42. The lowest BCUT2D eigenvalue weighted by Gasteiger charge is -2.12. The van der Waals surface area contributed by atoms with E-state index in [9.17, 15) is 8.42 Å². The number of anilines is 1. The first-order valence-corrected chi connectivity index (χ1v) is 8.50.